The van der Waals surface area contributed by atoms with Crippen LogP contribution in [0, 0.1) is 22.7 Å². The van der Waals surface area contributed by atoms with Crippen molar-refractivity contribution in [2.24, 2.45) is 0 Å². The van der Waals surface area contributed by atoms with E-state index in [4.69, 9.17) is 20.0 Å². The Kier molecular flexibility index (Phi) is 6.44. The van der Waals surface area contributed by atoms with Crippen LogP contribution in [-0.2, 0) is 13.2 Å². The van der Waals surface area contributed by atoms with Crippen molar-refractivity contribution in [1.29, 1.82) is 10.5 Å². The van der Waals surface area contributed by atoms with Crippen LogP contribution in [0.1, 0.15) is 16.7 Å². The molecule has 4 nitrogen and oxygen atoms in total. The lowest BCUT2D eigenvalue weighted by atomic mass is 10.1. The van der Waals surface area contributed by atoms with E-state index in [1.165, 1.54) is 6.08 Å². The molecule has 0 fully saturated rings. The molecule has 0 aliphatic rings. The Bertz CT molecular complexity index is 993. The Hall–Kier alpha value is -4.02. The van der Waals surface area contributed by atoms with Gasteiger partial charge < -0.3 is 9.47 Å². The quantitative estimate of drug-likeness (QED) is 0.534. The van der Waals surface area contributed by atoms with Gasteiger partial charge in [0.2, 0.25) is 0 Å². The Morgan fingerprint density at radius 1 is 0.679 bits per heavy atom. The van der Waals surface area contributed by atoms with Crippen molar-refractivity contribution >= 4 is 6.08 Å². The van der Waals surface area contributed by atoms with Gasteiger partial charge in [0.25, 0.3) is 0 Å². The predicted octanol–water partition coefficient (Wildman–Crippen LogP) is 5.28. The summed E-state index contributed by atoms with van der Waals surface area (Å²) in [4.78, 5) is 0. The highest BCUT2D eigenvalue weighted by atomic mass is 16.5. The zero-order valence-corrected chi connectivity index (χ0v) is 15.2. The number of rotatable bonds is 7. The molecule has 0 aliphatic heterocycles. The van der Waals surface area contributed by atoms with Crippen LogP contribution in [0.3, 0.4) is 0 Å². The summed E-state index contributed by atoms with van der Waals surface area (Å²) in [5.41, 5.74) is 3.02. The molecule has 0 aliphatic carbocycles. The summed E-state index contributed by atoms with van der Waals surface area (Å²) < 4.78 is 11.6. The van der Waals surface area contributed by atoms with E-state index >= 15 is 0 Å². The third-order valence-corrected chi connectivity index (χ3v) is 4.01. The zero-order valence-electron chi connectivity index (χ0n) is 15.2. The topological polar surface area (TPSA) is 66.0 Å². The normalized spacial score (nSPS) is 9.64. The molecule has 136 valence electrons. The Balaban J connectivity index is 1.51. The highest BCUT2D eigenvalue weighted by Gasteiger charge is 2.00. The lowest BCUT2D eigenvalue weighted by molar-refractivity contribution is 0.301. The third kappa shape index (κ3) is 5.49. The number of nitriles is 2. The summed E-state index contributed by atoms with van der Waals surface area (Å²) in [5.74, 6) is 1.53. The number of hydrogen-bond acceptors (Lipinski definition) is 4. The maximum absolute atomic E-state index is 8.79. The second-order valence-electron chi connectivity index (χ2n) is 6.06. The van der Waals surface area contributed by atoms with E-state index in [9.17, 15) is 0 Å². The van der Waals surface area contributed by atoms with Crippen LogP contribution < -0.4 is 9.47 Å². The van der Waals surface area contributed by atoms with Crippen LogP contribution in [0.5, 0.6) is 11.5 Å². The van der Waals surface area contributed by atoms with Crippen molar-refractivity contribution in [1.82, 2.24) is 0 Å². The number of hydrogen-bond donors (Lipinski definition) is 0. The Labute approximate surface area is 164 Å². The highest BCUT2D eigenvalue weighted by Crippen LogP contribution is 2.18. The lowest BCUT2D eigenvalue weighted by Gasteiger charge is -2.09. The molecule has 3 aromatic carbocycles. The van der Waals surface area contributed by atoms with Gasteiger partial charge in [-0.1, -0.05) is 54.6 Å². The largest absolute Gasteiger partial charge is 0.489 e. The van der Waals surface area contributed by atoms with Crippen LogP contribution in [0.25, 0.3) is 6.08 Å². The molecule has 0 bridgehead atoms. The fourth-order valence-electron chi connectivity index (χ4n) is 2.51. The number of allylic oxidation sites excluding steroid dienone is 1. The molecule has 0 aromatic heterocycles. The van der Waals surface area contributed by atoms with E-state index in [1.54, 1.807) is 0 Å². The van der Waals surface area contributed by atoms with Gasteiger partial charge in [0.1, 0.15) is 42.4 Å². The lowest BCUT2D eigenvalue weighted by Crippen LogP contribution is -1.97. The first-order chi connectivity index (χ1) is 13.8. The molecular weight excluding hydrogens is 348 g/mol. The van der Waals surface area contributed by atoms with E-state index in [2.05, 4.69) is 0 Å². The number of ether oxygens (including phenoxy) is 2. The first-order valence-electron chi connectivity index (χ1n) is 8.77. The van der Waals surface area contributed by atoms with Gasteiger partial charge in [-0.3, -0.25) is 0 Å². The Morgan fingerprint density at radius 3 is 1.71 bits per heavy atom. The van der Waals surface area contributed by atoms with Crippen molar-refractivity contribution in [2.45, 2.75) is 13.2 Å². The van der Waals surface area contributed by atoms with E-state index in [1.807, 2.05) is 91.0 Å². The molecule has 0 atom stereocenters. The van der Waals surface area contributed by atoms with Gasteiger partial charge in [0.15, 0.2) is 0 Å². The van der Waals surface area contributed by atoms with Crippen LogP contribution in [-0.4, -0.2) is 0 Å². The van der Waals surface area contributed by atoms with Crippen molar-refractivity contribution < 1.29 is 9.47 Å². The maximum Gasteiger partial charge on any atom is 0.130 e. The average molecular weight is 366 g/mol. The van der Waals surface area contributed by atoms with Crippen LogP contribution >= 0.6 is 0 Å². The minimum Gasteiger partial charge on any atom is -0.489 e. The molecule has 0 heterocycles. The molecule has 4 heteroatoms. The van der Waals surface area contributed by atoms with E-state index in [0.717, 1.165) is 28.2 Å². The van der Waals surface area contributed by atoms with Crippen molar-refractivity contribution in [2.75, 3.05) is 0 Å². The van der Waals surface area contributed by atoms with Crippen molar-refractivity contribution in [3.8, 4) is 23.6 Å². The maximum atomic E-state index is 8.79. The minimum absolute atomic E-state index is 0.0724. The number of benzene rings is 3. The summed E-state index contributed by atoms with van der Waals surface area (Å²) in [6, 6.07) is 28.8. The first kappa shape index (κ1) is 18.8. The summed E-state index contributed by atoms with van der Waals surface area (Å²) in [6.45, 7) is 0.979. The SMILES string of the molecule is N#CC(C#N)=Cc1ccc(OCc2ccc(OCc3ccccc3)cc2)cc1. The van der Waals surface area contributed by atoms with Gasteiger partial charge in [-0.05, 0) is 47.0 Å². The van der Waals surface area contributed by atoms with E-state index < -0.39 is 0 Å². The van der Waals surface area contributed by atoms with Crippen molar-refractivity contribution in [3.63, 3.8) is 0 Å². The molecular formula is C24H18N2O2. The van der Waals surface area contributed by atoms with Gasteiger partial charge in [0.05, 0.1) is 0 Å². The highest BCUT2D eigenvalue weighted by molar-refractivity contribution is 5.62. The van der Waals surface area contributed by atoms with Crippen molar-refractivity contribution in [3.05, 3.63) is 101 Å². The average Bonchev–Trinajstić information content (AvgIpc) is 2.77. The second-order valence-corrected chi connectivity index (χ2v) is 6.06. The predicted molar refractivity (Wildman–Crippen MR) is 107 cm³/mol. The molecule has 0 N–H and O–H groups in total. The van der Waals surface area contributed by atoms with Gasteiger partial charge >= 0.3 is 0 Å². The summed E-state index contributed by atoms with van der Waals surface area (Å²) >= 11 is 0. The minimum atomic E-state index is 0.0724. The standard InChI is InChI=1S/C24H18N2O2/c25-15-22(16-26)14-19-6-10-23(11-7-19)28-18-21-8-12-24(13-9-21)27-17-20-4-2-1-3-5-20/h1-14H,17-18H2. The molecule has 0 spiro atoms. The number of nitrogens with zero attached hydrogens (tertiary/aromatic N) is 2. The molecule has 3 aromatic rings. The molecule has 0 amide bonds. The van der Waals surface area contributed by atoms with Gasteiger partial charge in [0, 0.05) is 0 Å². The summed E-state index contributed by atoms with van der Waals surface area (Å²) in [5, 5.41) is 17.6. The fourth-order valence-corrected chi connectivity index (χ4v) is 2.51. The zero-order chi connectivity index (χ0) is 19.6. The monoisotopic (exact) mass is 366 g/mol. The Morgan fingerprint density at radius 2 is 1.18 bits per heavy atom. The van der Waals surface area contributed by atoms with Gasteiger partial charge in [-0.25, -0.2) is 0 Å². The van der Waals surface area contributed by atoms with Crippen LogP contribution in [0.15, 0.2) is 84.4 Å². The summed E-state index contributed by atoms with van der Waals surface area (Å²) in [6.07, 6.45) is 1.54. The molecule has 0 unspecified atom stereocenters. The van der Waals surface area contributed by atoms with Gasteiger partial charge in [-0.2, -0.15) is 10.5 Å². The van der Waals surface area contributed by atoms with Crippen LogP contribution in [0.2, 0.25) is 0 Å². The molecule has 3 rings (SSSR count). The van der Waals surface area contributed by atoms with Gasteiger partial charge in [-0.15, -0.1) is 0 Å². The fraction of sp³-hybridized carbons (Fsp3) is 0.0833. The molecule has 0 saturated heterocycles. The van der Waals surface area contributed by atoms with Crippen LogP contribution in [0.4, 0.5) is 0 Å². The van der Waals surface area contributed by atoms with E-state index in [-0.39, 0.29) is 5.57 Å². The third-order valence-electron chi connectivity index (χ3n) is 4.01. The first-order valence-corrected chi connectivity index (χ1v) is 8.77. The molecule has 0 saturated carbocycles. The summed E-state index contributed by atoms with van der Waals surface area (Å²) in [7, 11) is 0. The molecule has 28 heavy (non-hydrogen) atoms. The second kappa shape index (κ2) is 9.62. The smallest absolute Gasteiger partial charge is 0.130 e. The molecule has 0 radical (unpaired) electrons. The van der Waals surface area contributed by atoms with E-state index in [0.29, 0.717) is 13.2 Å².